The second-order valence-corrected chi connectivity index (χ2v) is 6.30. The largest absolute Gasteiger partial charge is 0.317 e. The molecule has 3 unspecified atom stereocenters. The van der Waals surface area contributed by atoms with E-state index >= 15 is 0 Å². The fourth-order valence-electron chi connectivity index (χ4n) is 3.60. The van der Waals surface area contributed by atoms with E-state index in [1.807, 2.05) is 0 Å². The van der Waals surface area contributed by atoms with E-state index in [0.29, 0.717) is 5.92 Å². The maximum atomic E-state index is 4.54. The van der Waals surface area contributed by atoms with Gasteiger partial charge in [-0.2, -0.15) is 5.10 Å². The molecule has 2 rings (SSSR count). The Labute approximate surface area is 124 Å². The van der Waals surface area contributed by atoms with Crippen LogP contribution in [0, 0.1) is 11.8 Å². The minimum atomic E-state index is 0.707. The lowest BCUT2D eigenvalue weighted by molar-refractivity contribution is 0.226. The zero-order valence-electron chi connectivity index (χ0n) is 13.4. The van der Waals surface area contributed by atoms with Crippen LogP contribution in [0.4, 0.5) is 0 Å². The molecule has 1 aliphatic carbocycles. The van der Waals surface area contributed by atoms with Crippen LogP contribution in [0.15, 0.2) is 12.4 Å². The summed E-state index contributed by atoms with van der Waals surface area (Å²) in [7, 11) is 0. The highest BCUT2D eigenvalue weighted by atomic mass is 15.3. The Morgan fingerprint density at radius 2 is 2.15 bits per heavy atom. The van der Waals surface area contributed by atoms with Gasteiger partial charge in [0.25, 0.3) is 0 Å². The van der Waals surface area contributed by atoms with Gasteiger partial charge in [0.05, 0.1) is 6.20 Å². The molecule has 0 aromatic carbocycles. The first-order valence-corrected chi connectivity index (χ1v) is 8.51. The first-order valence-electron chi connectivity index (χ1n) is 8.51. The Bertz CT molecular complexity index is 385. The Balaban J connectivity index is 2.08. The maximum absolute atomic E-state index is 4.54. The molecular formula is C17H31N3. The molecule has 0 radical (unpaired) electrons. The minimum absolute atomic E-state index is 0.707. The van der Waals surface area contributed by atoms with Gasteiger partial charge in [0.2, 0.25) is 0 Å². The quantitative estimate of drug-likeness (QED) is 0.821. The summed E-state index contributed by atoms with van der Waals surface area (Å²) in [6.07, 6.45) is 11.0. The number of aromatic nitrogens is 2. The highest BCUT2D eigenvalue weighted by molar-refractivity contribution is 5.14. The van der Waals surface area contributed by atoms with Crippen molar-refractivity contribution in [3.8, 4) is 0 Å². The van der Waals surface area contributed by atoms with Crippen molar-refractivity contribution in [3.63, 3.8) is 0 Å². The number of hydrogen-bond acceptors (Lipinski definition) is 2. The van der Waals surface area contributed by atoms with Gasteiger partial charge in [0, 0.05) is 12.7 Å². The standard InChI is InChI=1S/C17H31N3/c1-4-9-20-13-16(12-19-20)17-10-14(5-2)7-8-15(17)11-18-6-3/h12-15,17-18H,4-11H2,1-3H3. The van der Waals surface area contributed by atoms with Crippen molar-refractivity contribution in [2.24, 2.45) is 11.8 Å². The number of rotatable bonds is 7. The summed E-state index contributed by atoms with van der Waals surface area (Å²) < 4.78 is 2.12. The van der Waals surface area contributed by atoms with E-state index in [0.717, 1.165) is 37.9 Å². The summed E-state index contributed by atoms with van der Waals surface area (Å²) in [6, 6.07) is 0. The third-order valence-corrected chi connectivity index (χ3v) is 4.87. The zero-order chi connectivity index (χ0) is 14.4. The highest BCUT2D eigenvalue weighted by Crippen LogP contribution is 2.41. The average Bonchev–Trinajstić information content (AvgIpc) is 2.94. The SMILES string of the molecule is CCCn1cc(C2CC(CC)CCC2CNCC)cn1. The van der Waals surface area contributed by atoms with Crippen molar-refractivity contribution in [3.05, 3.63) is 18.0 Å². The van der Waals surface area contributed by atoms with Crippen LogP contribution < -0.4 is 5.32 Å². The molecule has 1 aromatic rings. The van der Waals surface area contributed by atoms with Crippen molar-refractivity contribution in [1.29, 1.82) is 0 Å². The molecule has 1 saturated carbocycles. The molecule has 1 heterocycles. The lowest BCUT2D eigenvalue weighted by Gasteiger charge is -2.35. The van der Waals surface area contributed by atoms with Crippen molar-refractivity contribution in [2.45, 2.75) is 65.3 Å². The summed E-state index contributed by atoms with van der Waals surface area (Å²) in [5.41, 5.74) is 1.47. The van der Waals surface area contributed by atoms with Crippen LogP contribution in [-0.2, 0) is 6.54 Å². The predicted molar refractivity (Wildman–Crippen MR) is 84.9 cm³/mol. The lowest BCUT2D eigenvalue weighted by atomic mass is 9.71. The van der Waals surface area contributed by atoms with Crippen LogP contribution in [0.5, 0.6) is 0 Å². The minimum Gasteiger partial charge on any atom is -0.317 e. The highest BCUT2D eigenvalue weighted by Gasteiger charge is 2.31. The number of aryl methyl sites for hydroxylation is 1. The Morgan fingerprint density at radius 3 is 2.85 bits per heavy atom. The third-order valence-electron chi connectivity index (χ3n) is 4.87. The van der Waals surface area contributed by atoms with E-state index in [9.17, 15) is 0 Å². The molecule has 1 aromatic heterocycles. The van der Waals surface area contributed by atoms with Crippen molar-refractivity contribution in [2.75, 3.05) is 13.1 Å². The van der Waals surface area contributed by atoms with Gasteiger partial charge < -0.3 is 5.32 Å². The molecule has 1 aliphatic rings. The molecular weight excluding hydrogens is 246 g/mol. The fourth-order valence-corrected chi connectivity index (χ4v) is 3.60. The summed E-state index contributed by atoms with van der Waals surface area (Å²) >= 11 is 0. The van der Waals surface area contributed by atoms with Gasteiger partial charge in [-0.1, -0.05) is 33.6 Å². The topological polar surface area (TPSA) is 29.9 Å². The van der Waals surface area contributed by atoms with Gasteiger partial charge >= 0.3 is 0 Å². The molecule has 1 N–H and O–H groups in total. The van der Waals surface area contributed by atoms with E-state index in [2.05, 4.69) is 48.3 Å². The molecule has 1 fully saturated rings. The summed E-state index contributed by atoms with van der Waals surface area (Å²) in [5, 5.41) is 8.10. The second-order valence-electron chi connectivity index (χ2n) is 6.30. The van der Waals surface area contributed by atoms with Gasteiger partial charge in [-0.3, -0.25) is 4.68 Å². The van der Waals surface area contributed by atoms with Crippen molar-refractivity contribution >= 4 is 0 Å². The van der Waals surface area contributed by atoms with Crippen LogP contribution in [0.25, 0.3) is 0 Å². The molecule has 114 valence electrons. The van der Waals surface area contributed by atoms with E-state index < -0.39 is 0 Å². The third kappa shape index (κ3) is 3.85. The first kappa shape index (κ1) is 15.6. The summed E-state index contributed by atoms with van der Waals surface area (Å²) in [4.78, 5) is 0. The monoisotopic (exact) mass is 277 g/mol. The molecule has 20 heavy (non-hydrogen) atoms. The van der Waals surface area contributed by atoms with E-state index in [-0.39, 0.29) is 0 Å². The van der Waals surface area contributed by atoms with Crippen LogP contribution in [0.2, 0.25) is 0 Å². The molecule has 0 saturated heterocycles. The van der Waals surface area contributed by atoms with Gasteiger partial charge in [0.1, 0.15) is 0 Å². The number of nitrogens with zero attached hydrogens (tertiary/aromatic N) is 2. The number of nitrogens with one attached hydrogen (secondary N) is 1. The van der Waals surface area contributed by atoms with Gasteiger partial charge in [0.15, 0.2) is 0 Å². The van der Waals surface area contributed by atoms with Gasteiger partial charge in [-0.25, -0.2) is 0 Å². The average molecular weight is 277 g/mol. The van der Waals surface area contributed by atoms with E-state index in [1.165, 1.54) is 31.2 Å². The predicted octanol–water partition coefficient (Wildman–Crippen LogP) is 3.81. The Hall–Kier alpha value is -0.830. The molecule has 0 aliphatic heterocycles. The van der Waals surface area contributed by atoms with Gasteiger partial charge in [-0.05, 0) is 55.7 Å². The lowest BCUT2D eigenvalue weighted by Crippen LogP contribution is -2.31. The van der Waals surface area contributed by atoms with Crippen LogP contribution in [0.3, 0.4) is 0 Å². The van der Waals surface area contributed by atoms with Crippen LogP contribution in [0.1, 0.15) is 64.4 Å². The summed E-state index contributed by atoms with van der Waals surface area (Å²) in [6.45, 7) is 10.0. The molecule has 0 amide bonds. The van der Waals surface area contributed by atoms with Crippen LogP contribution >= 0.6 is 0 Å². The van der Waals surface area contributed by atoms with Crippen molar-refractivity contribution in [1.82, 2.24) is 15.1 Å². The summed E-state index contributed by atoms with van der Waals surface area (Å²) in [5.74, 6) is 2.41. The van der Waals surface area contributed by atoms with Gasteiger partial charge in [-0.15, -0.1) is 0 Å². The second kappa shape index (κ2) is 7.82. The Morgan fingerprint density at radius 1 is 1.30 bits per heavy atom. The van der Waals surface area contributed by atoms with E-state index in [4.69, 9.17) is 0 Å². The first-order chi connectivity index (χ1) is 9.78. The Kier molecular flexibility index (Phi) is 6.08. The number of hydrogen-bond donors (Lipinski definition) is 1. The molecule has 0 bridgehead atoms. The maximum Gasteiger partial charge on any atom is 0.0524 e. The smallest absolute Gasteiger partial charge is 0.0524 e. The molecule has 3 atom stereocenters. The molecule has 3 nitrogen and oxygen atoms in total. The fraction of sp³-hybridized carbons (Fsp3) is 0.824. The van der Waals surface area contributed by atoms with Crippen LogP contribution in [-0.4, -0.2) is 22.9 Å². The van der Waals surface area contributed by atoms with Crippen molar-refractivity contribution < 1.29 is 0 Å². The normalized spacial score (nSPS) is 26.9. The zero-order valence-corrected chi connectivity index (χ0v) is 13.4. The molecule has 0 spiro atoms. The van der Waals surface area contributed by atoms with E-state index in [1.54, 1.807) is 0 Å². The molecule has 3 heteroatoms.